The number of hydrogen-bond donors (Lipinski definition) is 3. The first-order valence-electron chi connectivity index (χ1n) is 3.04. The lowest BCUT2D eigenvalue weighted by Gasteiger charge is -1.90. The topological polar surface area (TPSA) is 92.5 Å². The summed E-state index contributed by atoms with van der Waals surface area (Å²) in [6.07, 6.45) is 1.58. The van der Waals surface area contributed by atoms with Crippen molar-refractivity contribution in [2.45, 2.75) is 0 Å². The van der Waals surface area contributed by atoms with E-state index in [9.17, 15) is 0 Å². The first-order valence-corrected chi connectivity index (χ1v) is 3.04. The molecule has 0 aliphatic heterocycles. The third-order valence-corrected chi connectivity index (χ3v) is 1.39. The van der Waals surface area contributed by atoms with E-state index in [-0.39, 0.29) is 0 Å². The van der Waals surface area contributed by atoms with Gasteiger partial charge in [0, 0.05) is 0 Å². The van der Waals surface area contributed by atoms with E-state index in [4.69, 9.17) is 5.84 Å². The van der Waals surface area contributed by atoms with E-state index in [1.807, 2.05) is 0 Å². The van der Waals surface area contributed by atoms with Crippen molar-refractivity contribution in [3.63, 3.8) is 0 Å². The minimum Gasteiger partial charge on any atom is -0.306 e. The Morgan fingerprint density at radius 2 is 2.45 bits per heavy atom. The molecule has 6 nitrogen and oxygen atoms in total. The Bertz CT molecular complexity index is 366. The smallest absolute Gasteiger partial charge is 0.180 e. The highest BCUT2D eigenvalue weighted by Gasteiger charge is 2.02. The predicted octanol–water partition coefficient (Wildman–Crippen LogP) is -0.362. The van der Waals surface area contributed by atoms with Crippen LogP contribution in [-0.2, 0) is 0 Å². The molecule has 0 spiro atoms. The molecular formula is C5H6N6. The summed E-state index contributed by atoms with van der Waals surface area (Å²) in [5.74, 6) is 5.76. The molecule has 0 aliphatic carbocycles. The summed E-state index contributed by atoms with van der Waals surface area (Å²) in [6.45, 7) is 0. The van der Waals surface area contributed by atoms with Gasteiger partial charge in [-0.15, -0.1) is 5.10 Å². The second-order valence-corrected chi connectivity index (χ2v) is 2.01. The van der Waals surface area contributed by atoms with Crippen molar-refractivity contribution in [1.29, 1.82) is 0 Å². The number of fused-ring (bicyclic) bond motifs is 1. The number of hydrogen-bond acceptors (Lipinski definition) is 5. The van der Waals surface area contributed by atoms with Crippen LogP contribution in [0.1, 0.15) is 0 Å². The maximum Gasteiger partial charge on any atom is 0.180 e. The number of H-pyrrole nitrogens is 1. The molecule has 56 valence electrons. The van der Waals surface area contributed by atoms with Gasteiger partial charge in [-0.1, -0.05) is 0 Å². The molecule has 0 aliphatic rings. The van der Waals surface area contributed by atoms with Crippen LogP contribution in [0, 0.1) is 0 Å². The zero-order valence-electron chi connectivity index (χ0n) is 5.57. The van der Waals surface area contributed by atoms with Crippen molar-refractivity contribution in [3.8, 4) is 0 Å². The highest BCUT2D eigenvalue weighted by atomic mass is 15.3. The van der Waals surface area contributed by atoms with E-state index >= 15 is 0 Å². The van der Waals surface area contributed by atoms with Crippen LogP contribution in [0.2, 0.25) is 0 Å². The Hall–Kier alpha value is -1.69. The van der Waals surface area contributed by atoms with Crippen molar-refractivity contribution >= 4 is 16.9 Å². The molecule has 11 heavy (non-hydrogen) atoms. The third kappa shape index (κ3) is 0.802. The number of nitrogens with one attached hydrogen (secondary N) is 2. The summed E-state index contributed by atoms with van der Waals surface area (Å²) in [6, 6.07) is 1.78. The Balaban J connectivity index is 2.76. The van der Waals surface area contributed by atoms with Crippen molar-refractivity contribution in [2.24, 2.45) is 5.84 Å². The average Bonchev–Trinajstić information content (AvgIpc) is 2.47. The number of anilines is 1. The van der Waals surface area contributed by atoms with E-state index in [1.165, 1.54) is 0 Å². The second-order valence-electron chi connectivity index (χ2n) is 2.01. The van der Waals surface area contributed by atoms with Gasteiger partial charge in [-0.05, 0) is 6.07 Å². The highest BCUT2D eigenvalue weighted by Crippen LogP contribution is 2.14. The van der Waals surface area contributed by atoms with Crippen molar-refractivity contribution in [1.82, 2.24) is 20.4 Å². The molecule has 6 heteroatoms. The van der Waals surface area contributed by atoms with Crippen LogP contribution in [0.5, 0.6) is 0 Å². The normalized spacial score (nSPS) is 10.3. The molecule has 0 radical (unpaired) electrons. The van der Waals surface area contributed by atoms with Gasteiger partial charge in [0.05, 0.1) is 11.6 Å². The molecule has 2 heterocycles. The van der Waals surface area contributed by atoms with Crippen molar-refractivity contribution in [3.05, 3.63) is 12.3 Å². The van der Waals surface area contributed by atoms with Crippen LogP contribution in [-0.4, -0.2) is 20.4 Å². The van der Waals surface area contributed by atoms with E-state index < -0.39 is 0 Å². The lowest BCUT2D eigenvalue weighted by atomic mass is 10.4. The number of aromatic amines is 1. The molecule has 0 aromatic carbocycles. The summed E-state index contributed by atoms with van der Waals surface area (Å²) >= 11 is 0. The number of rotatable bonds is 1. The lowest BCUT2D eigenvalue weighted by molar-refractivity contribution is 1.02. The SMILES string of the molecule is NNc1n[nH]c2nnccc12. The number of nitrogen functional groups attached to an aromatic ring is 1. The number of hydrazine groups is 1. The minimum absolute atomic E-state index is 0.579. The molecule has 0 bridgehead atoms. The summed E-state index contributed by atoms with van der Waals surface area (Å²) < 4.78 is 0. The highest BCUT2D eigenvalue weighted by molar-refractivity contribution is 5.85. The van der Waals surface area contributed by atoms with Crippen LogP contribution in [0.25, 0.3) is 11.0 Å². The van der Waals surface area contributed by atoms with Crippen LogP contribution in [0.3, 0.4) is 0 Å². The first-order chi connectivity index (χ1) is 5.42. The van der Waals surface area contributed by atoms with E-state index in [1.54, 1.807) is 12.3 Å². The van der Waals surface area contributed by atoms with Crippen molar-refractivity contribution < 1.29 is 0 Å². The molecule has 0 amide bonds. The molecule has 0 saturated carbocycles. The van der Waals surface area contributed by atoms with E-state index in [0.29, 0.717) is 11.5 Å². The van der Waals surface area contributed by atoms with E-state index in [2.05, 4.69) is 25.8 Å². The summed E-state index contributed by atoms with van der Waals surface area (Å²) in [7, 11) is 0. The standard InChI is InChI=1S/C5H6N6/c6-8-4-3-1-2-7-9-5(3)11-10-4/h1-2H,6H2,(H2,8,9,10,11). The Morgan fingerprint density at radius 1 is 1.55 bits per heavy atom. The monoisotopic (exact) mass is 150 g/mol. The molecule has 2 rings (SSSR count). The van der Waals surface area contributed by atoms with Crippen LogP contribution in [0.4, 0.5) is 5.82 Å². The third-order valence-electron chi connectivity index (χ3n) is 1.39. The number of nitrogens with two attached hydrogens (primary N) is 1. The van der Waals surface area contributed by atoms with Gasteiger partial charge >= 0.3 is 0 Å². The number of nitrogens with zero attached hydrogens (tertiary/aromatic N) is 3. The quantitative estimate of drug-likeness (QED) is 0.381. The molecule has 0 atom stereocenters. The Kier molecular flexibility index (Phi) is 1.19. The molecule has 0 unspecified atom stereocenters. The minimum atomic E-state index is 0.579. The van der Waals surface area contributed by atoms with E-state index in [0.717, 1.165) is 5.39 Å². The fraction of sp³-hybridized carbons (Fsp3) is 0. The maximum absolute atomic E-state index is 5.18. The fourth-order valence-electron chi connectivity index (χ4n) is 0.885. The van der Waals surface area contributed by atoms with Gasteiger partial charge in [0.15, 0.2) is 11.5 Å². The molecule has 0 fully saturated rings. The van der Waals surface area contributed by atoms with Crippen molar-refractivity contribution in [2.75, 3.05) is 5.43 Å². The molecule has 2 aromatic heterocycles. The molecule has 2 aromatic rings. The summed E-state index contributed by atoms with van der Waals surface area (Å²) in [5, 5.41) is 14.8. The first kappa shape index (κ1) is 6.05. The average molecular weight is 150 g/mol. The molecule has 0 saturated heterocycles. The zero-order chi connectivity index (χ0) is 7.68. The van der Waals surface area contributed by atoms with Gasteiger partial charge in [-0.25, -0.2) is 5.84 Å². The van der Waals surface area contributed by atoms with Gasteiger partial charge in [-0.2, -0.15) is 10.2 Å². The summed E-state index contributed by atoms with van der Waals surface area (Å²) in [5.41, 5.74) is 3.07. The molecular weight excluding hydrogens is 144 g/mol. The number of aromatic nitrogens is 4. The van der Waals surface area contributed by atoms with Gasteiger partial charge in [0.1, 0.15) is 0 Å². The van der Waals surface area contributed by atoms with Crippen LogP contribution < -0.4 is 11.3 Å². The second kappa shape index (κ2) is 2.17. The zero-order valence-corrected chi connectivity index (χ0v) is 5.57. The Labute approximate surface area is 61.8 Å². The van der Waals surface area contributed by atoms with Gasteiger partial charge in [0.25, 0.3) is 0 Å². The Morgan fingerprint density at radius 3 is 3.27 bits per heavy atom. The maximum atomic E-state index is 5.18. The van der Waals surface area contributed by atoms with Gasteiger partial charge in [0.2, 0.25) is 0 Å². The van der Waals surface area contributed by atoms with Crippen LogP contribution >= 0.6 is 0 Å². The largest absolute Gasteiger partial charge is 0.306 e. The van der Waals surface area contributed by atoms with Crippen LogP contribution in [0.15, 0.2) is 12.3 Å². The van der Waals surface area contributed by atoms with Gasteiger partial charge in [-0.3, -0.25) is 5.10 Å². The predicted molar refractivity (Wildman–Crippen MR) is 39.5 cm³/mol. The fourth-order valence-corrected chi connectivity index (χ4v) is 0.885. The summed E-state index contributed by atoms with van der Waals surface area (Å²) in [4.78, 5) is 0. The van der Waals surface area contributed by atoms with Gasteiger partial charge < -0.3 is 5.43 Å². The molecule has 4 N–H and O–H groups in total. The lowest BCUT2D eigenvalue weighted by Crippen LogP contribution is -2.07.